The largest absolute Gasteiger partial charge is 0.371 e. The Bertz CT molecular complexity index is 1100. The van der Waals surface area contributed by atoms with Crippen LogP contribution in [0.25, 0.3) is 29.7 Å². The average Bonchev–Trinajstić information content (AvgIpc) is 3.39. The number of aromatic nitrogens is 3. The first-order chi connectivity index (χ1) is 15.6. The fraction of sp³-hybridized carbons (Fsp3) is 0.444. The van der Waals surface area contributed by atoms with Crippen LogP contribution in [0.2, 0.25) is 0 Å². The second-order valence-corrected chi connectivity index (χ2v) is 9.12. The number of rotatable bonds is 6. The molecule has 3 N–H and O–H groups in total. The molecule has 0 radical (unpaired) electrons. The van der Waals surface area contributed by atoms with E-state index < -0.39 is 0 Å². The molecular weight excluding hydrogens is 394 g/mol. The Hall–Kier alpha value is -2.79. The molecule has 0 spiro atoms. The Morgan fingerprint density at radius 3 is 2.62 bits per heavy atom. The number of H-pyrrole nitrogens is 2. The summed E-state index contributed by atoms with van der Waals surface area (Å²) in [5, 5.41) is 13.1. The standard InChI is InChI=1S/C27H37N5/c1-5-9-26(32-16-7-6-8-17-32)23-18-25(29-21(23)4)27-20(3)24(30-31-27)11-10-19(2)22-12-14-28-15-13-22/h5,9-11,18,22,28-30H,1,3,6-8,12-17H2,2,4H3/b19-10+,24-11+,26-9+. The Morgan fingerprint density at radius 1 is 1.16 bits per heavy atom. The smallest absolute Gasteiger partial charge is 0.116 e. The highest BCUT2D eigenvalue weighted by Gasteiger charge is 2.19. The molecule has 0 bridgehead atoms. The van der Waals surface area contributed by atoms with Gasteiger partial charge in [0.05, 0.1) is 11.0 Å². The summed E-state index contributed by atoms with van der Waals surface area (Å²) in [5.41, 5.74) is 6.93. The lowest BCUT2D eigenvalue weighted by Gasteiger charge is -2.31. The predicted molar refractivity (Wildman–Crippen MR) is 135 cm³/mol. The highest BCUT2D eigenvalue weighted by atomic mass is 15.1. The van der Waals surface area contributed by atoms with Crippen molar-refractivity contribution in [2.45, 2.75) is 46.0 Å². The van der Waals surface area contributed by atoms with Crippen LogP contribution in [0.4, 0.5) is 0 Å². The summed E-state index contributed by atoms with van der Waals surface area (Å²) in [6, 6.07) is 2.21. The number of nitrogens with zero attached hydrogens (tertiary/aromatic N) is 2. The molecule has 5 heteroatoms. The minimum Gasteiger partial charge on any atom is -0.371 e. The monoisotopic (exact) mass is 431 g/mol. The van der Waals surface area contributed by atoms with Crippen molar-refractivity contribution in [3.63, 3.8) is 0 Å². The Balaban J connectivity index is 1.61. The van der Waals surface area contributed by atoms with E-state index >= 15 is 0 Å². The van der Waals surface area contributed by atoms with Gasteiger partial charge in [0.25, 0.3) is 0 Å². The number of hydrogen-bond acceptors (Lipinski definition) is 3. The van der Waals surface area contributed by atoms with Crippen LogP contribution in [0.15, 0.2) is 36.4 Å². The molecule has 4 rings (SSSR count). The molecule has 2 aliphatic rings. The quantitative estimate of drug-likeness (QED) is 0.609. The maximum Gasteiger partial charge on any atom is 0.116 e. The van der Waals surface area contributed by atoms with Crippen LogP contribution in [-0.2, 0) is 0 Å². The maximum absolute atomic E-state index is 4.61. The van der Waals surface area contributed by atoms with E-state index in [1.807, 2.05) is 6.08 Å². The zero-order valence-electron chi connectivity index (χ0n) is 19.6. The predicted octanol–water partition coefficient (Wildman–Crippen LogP) is 3.86. The van der Waals surface area contributed by atoms with Crippen LogP contribution in [0, 0.1) is 12.8 Å². The third kappa shape index (κ3) is 4.83. The zero-order chi connectivity index (χ0) is 22.5. The third-order valence-electron chi connectivity index (χ3n) is 6.91. The van der Waals surface area contributed by atoms with Crippen molar-refractivity contribution in [2.24, 2.45) is 5.92 Å². The molecule has 0 unspecified atom stereocenters. The SMILES string of the molecule is C=C/C=C(\c1cc(-c2n[nH]/c(=C/C=C(\C)C3CCNCC3)c2=C)[nH]c1C)N1CCCCC1. The van der Waals surface area contributed by atoms with Crippen LogP contribution in [0.3, 0.4) is 0 Å². The molecule has 170 valence electrons. The van der Waals surface area contributed by atoms with E-state index in [0.717, 1.165) is 53.8 Å². The van der Waals surface area contributed by atoms with Crippen molar-refractivity contribution in [3.05, 3.63) is 58.3 Å². The van der Waals surface area contributed by atoms with Gasteiger partial charge in [0.2, 0.25) is 0 Å². The van der Waals surface area contributed by atoms with Crippen molar-refractivity contribution < 1.29 is 0 Å². The Kier molecular flexibility index (Phi) is 7.15. The second-order valence-electron chi connectivity index (χ2n) is 9.12. The highest BCUT2D eigenvalue weighted by molar-refractivity contribution is 5.73. The van der Waals surface area contributed by atoms with E-state index in [2.05, 4.69) is 76.7 Å². The van der Waals surface area contributed by atoms with Gasteiger partial charge in [-0.15, -0.1) is 0 Å². The van der Waals surface area contributed by atoms with Crippen molar-refractivity contribution in [1.82, 2.24) is 25.4 Å². The van der Waals surface area contributed by atoms with Crippen molar-refractivity contribution in [3.8, 4) is 11.4 Å². The summed E-state index contributed by atoms with van der Waals surface area (Å²) in [7, 11) is 0. The lowest BCUT2D eigenvalue weighted by atomic mass is 9.91. The fourth-order valence-electron chi connectivity index (χ4n) is 4.93. The van der Waals surface area contributed by atoms with Crippen molar-refractivity contribution in [1.29, 1.82) is 0 Å². The number of nitrogens with one attached hydrogen (secondary N) is 3. The molecule has 2 aromatic rings. The summed E-state index contributed by atoms with van der Waals surface area (Å²) in [4.78, 5) is 6.03. The molecule has 2 aromatic heterocycles. The van der Waals surface area contributed by atoms with Crippen LogP contribution in [0.1, 0.15) is 50.3 Å². The zero-order valence-corrected chi connectivity index (χ0v) is 19.6. The van der Waals surface area contributed by atoms with Gasteiger partial charge in [-0.2, -0.15) is 5.10 Å². The molecule has 2 saturated heterocycles. The van der Waals surface area contributed by atoms with E-state index in [-0.39, 0.29) is 0 Å². The molecule has 0 saturated carbocycles. The van der Waals surface area contributed by atoms with Gasteiger partial charge in [0.1, 0.15) is 5.69 Å². The minimum atomic E-state index is 0.668. The topological polar surface area (TPSA) is 59.7 Å². The van der Waals surface area contributed by atoms with E-state index in [4.69, 9.17) is 0 Å². The molecule has 0 atom stereocenters. The summed E-state index contributed by atoms with van der Waals surface area (Å²) in [5.74, 6) is 0.668. The number of piperidine rings is 2. The summed E-state index contributed by atoms with van der Waals surface area (Å²) >= 11 is 0. The Labute approximate surface area is 191 Å². The molecular formula is C27H37N5. The second kappa shape index (κ2) is 10.2. The molecule has 0 amide bonds. The van der Waals surface area contributed by atoms with Crippen LogP contribution < -0.4 is 15.9 Å². The first-order valence-electron chi connectivity index (χ1n) is 12.0. The van der Waals surface area contributed by atoms with Crippen molar-refractivity contribution in [2.75, 3.05) is 26.2 Å². The van der Waals surface area contributed by atoms with E-state index in [1.54, 1.807) is 0 Å². The molecule has 0 aliphatic carbocycles. The summed E-state index contributed by atoms with van der Waals surface area (Å²) in [6.45, 7) is 17.1. The van der Waals surface area contributed by atoms with Gasteiger partial charge in [0.15, 0.2) is 0 Å². The fourth-order valence-corrected chi connectivity index (χ4v) is 4.93. The van der Waals surface area contributed by atoms with Crippen LogP contribution >= 0.6 is 0 Å². The van der Waals surface area contributed by atoms with Gasteiger partial charge in [0, 0.05) is 35.3 Å². The Morgan fingerprint density at radius 2 is 1.91 bits per heavy atom. The highest BCUT2D eigenvalue weighted by Crippen LogP contribution is 2.29. The third-order valence-corrected chi connectivity index (χ3v) is 6.91. The van der Waals surface area contributed by atoms with Crippen molar-refractivity contribution >= 4 is 18.4 Å². The normalized spacial score (nSPS) is 19.6. The first-order valence-corrected chi connectivity index (χ1v) is 12.0. The molecule has 0 aromatic carbocycles. The van der Waals surface area contributed by atoms with Crippen LogP contribution in [0.5, 0.6) is 0 Å². The number of likely N-dealkylation sites (tertiary alicyclic amines) is 1. The summed E-state index contributed by atoms with van der Waals surface area (Å²) < 4.78 is 0. The van der Waals surface area contributed by atoms with E-state index in [1.165, 1.54) is 48.9 Å². The minimum absolute atomic E-state index is 0.668. The number of aryl methyl sites for hydroxylation is 1. The number of hydrogen-bond donors (Lipinski definition) is 3. The van der Waals surface area contributed by atoms with Gasteiger partial charge in [-0.3, -0.25) is 5.10 Å². The maximum atomic E-state index is 4.61. The molecule has 4 heterocycles. The number of aromatic amines is 2. The van der Waals surface area contributed by atoms with Gasteiger partial charge < -0.3 is 15.2 Å². The molecule has 32 heavy (non-hydrogen) atoms. The van der Waals surface area contributed by atoms with Gasteiger partial charge in [-0.05, 0) is 83.2 Å². The van der Waals surface area contributed by atoms with E-state index in [9.17, 15) is 0 Å². The average molecular weight is 432 g/mol. The van der Waals surface area contributed by atoms with Gasteiger partial charge >= 0.3 is 0 Å². The molecule has 5 nitrogen and oxygen atoms in total. The van der Waals surface area contributed by atoms with E-state index in [0.29, 0.717) is 5.92 Å². The molecule has 2 aliphatic heterocycles. The van der Waals surface area contributed by atoms with Gasteiger partial charge in [-0.1, -0.05) is 30.9 Å². The molecule has 2 fully saturated rings. The van der Waals surface area contributed by atoms with Crippen LogP contribution in [-0.4, -0.2) is 46.3 Å². The number of allylic oxidation sites excluding steroid dienone is 4. The lowest BCUT2D eigenvalue weighted by molar-refractivity contribution is 0.326. The summed E-state index contributed by atoms with van der Waals surface area (Å²) in [6.07, 6.45) is 14.6. The van der Waals surface area contributed by atoms with Gasteiger partial charge in [-0.25, -0.2) is 0 Å². The first kappa shape index (κ1) is 22.4. The lowest BCUT2D eigenvalue weighted by Crippen LogP contribution is -2.28.